The predicted octanol–water partition coefficient (Wildman–Crippen LogP) is 1.87. The molecule has 1 aliphatic rings. The van der Waals surface area contributed by atoms with Gasteiger partial charge in [0.2, 0.25) is 0 Å². The molecule has 2 aromatic rings. The molecule has 3 heteroatoms. The van der Waals surface area contributed by atoms with Crippen molar-refractivity contribution in [1.29, 1.82) is 0 Å². The largest absolute Gasteiger partial charge is 0.207 e. The Balaban J connectivity index is 2.10. The summed E-state index contributed by atoms with van der Waals surface area (Å²) in [5.74, 6) is -0.990. The van der Waals surface area contributed by atoms with Crippen LogP contribution in [0, 0.1) is 11.6 Å². The van der Waals surface area contributed by atoms with E-state index in [1.54, 1.807) is 0 Å². The first-order valence-electron chi connectivity index (χ1n) is 5.47. The van der Waals surface area contributed by atoms with Crippen molar-refractivity contribution >= 4 is 25.2 Å². The molecule has 0 spiro atoms. The van der Waals surface area contributed by atoms with Crippen molar-refractivity contribution in [2.75, 3.05) is 0 Å². The lowest BCUT2D eigenvalue weighted by Gasteiger charge is -2.10. The number of fused-ring (bicyclic) bond motifs is 1. The van der Waals surface area contributed by atoms with Gasteiger partial charge in [0.1, 0.15) is 20.4 Å². The lowest BCUT2D eigenvalue weighted by atomic mass is 10.2. The van der Waals surface area contributed by atoms with Crippen LogP contribution in [0.3, 0.4) is 0 Å². The third-order valence-electron chi connectivity index (χ3n) is 3.04. The van der Waals surface area contributed by atoms with Crippen molar-refractivity contribution in [3.8, 4) is 0 Å². The highest BCUT2D eigenvalue weighted by Crippen LogP contribution is 2.11. The second-order valence-electron chi connectivity index (χ2n) is 4.17. The standard InChI is InChI=1S/C14H10F2Si/c15-11-7-12(16)9-13(8-11)17-6-5-10-3-1-2-4-14(10)17/h1-9,17H. The molecule has 0 fully saturated rings. The van der Waals surface area contributed by atoms with Gasteiger partial charge in [-0.1, -0.05) is 36.0 Å². The van der Waals surface area contributed by atoms with E-state index in [4.69, 9.17) is 0 Å². The fourth-order valence-electron chi connectivity index (χ4n) is 2.29. The molecule has 0 bridgehead atoms. The second-order valence-corrected chi connectivity index (χ2v) is 6.80. The van der Waals surface area contributed by atoms with Crippen LogP contribution in [0.4, 0.5) is 8.78 Å². The number of hydrogen-bond donors (Lipinski definition) is 0. The summed E-state index contributed by atoms with van der Waals surface area (Å²) in [4.78, 5) is 0. The van der Waals surface area contributed by atoms with Crippen LogP contribution in [-0.2, 0) is 0 Å². The minimum Gasteiger partial charge on any atom is -0.207 e. The Morgan fingerprint density at radius 3 is 2.35 bits per heavy atom. The van der Waals surface area contributed by atoms with Gasteiger partial charge in [0, 0.05) is 6.07 Å². The van der Waals surface area contributed by atoms with Crippen molar-refractivity contribution < 1.29 is 8.78 Å². The Labute approximate surface area is 99.8 Å². The molecule has 84 valence electrons. The third-order valence-corrected chi connectivity index (χ3v) is 5.87. The normalized spacial score (nSPS) is 17.2. The molecular weight excluding hydrogens is 234 g/mol. The Morgan fingerprint density at radius 2 is 1.59 bits per heavy atom. The van der Waals surface area contributed by atoms with E-state index in [0.29, 0.717) is 0 Å². The molecule has 0 radical (unpaired) electrons. The van der Waals surface area contributed by atoms with Crippen molar-refractivity contribution in [2.24, 2.45) is 0 Å². The average molecular weight is 244 g/mol. The van der Waals surface area contributed by atoms with Gasteiger partial charge in [-0.15, -0.1) is 0 Å². The van der Waals surface area contributed by atoms with Gasteiger partial charge in [-0.3, -0.25) is 0 Å². The number of hydrogen-bond acceptors (Lipinski definition) is 0. The lowest BCUT2D eigenvalue weighted by Crippen LogP contribution is -2.39. The lowest BCUT2D eigenvalue weighted by molar-refractivity contribution is 0.585. The van der Waals surface area contributed by atoms with Crippen molar-refractivity contribution in [1.82, 2.24) is 0 Å². The molecule has 0 aromatic heterocycles. The molecule has 3 rings (SSSR count). The molecule has 1 heterocycles. The molecule has 0 nitrogen and oxygen atoms in total. The van der Waals surface area contributed by atoms with E-state index < -0.39 is 20.4 Å². The zero-order chi connectivity index (χ0) is 11.8. The monoisotopic (exact) mass is 244 g/mol. The Hall–Kier alpha value is -1.74. The molecule has 17 heavy (non-hydrogen) atoms. The van der Waals surface area contributed by atoms with E-state index in [9.17, 15) is 8.78 Å². The highest BCUT2D eigenvalue weighted by molar-refractivity contribution is 6.91. The molecule has 0 aliphatic carbocycles. The van der Waals surface area contributed by atoms with Crippen LogP contribution in [0.15, 0.2) is 48.2 Å². The summed E-state index contributed by atoms with van der Waals surface area (Å²) < 4.78 is 26.4. The topological polar surface area (TPSA) is 0 Å². The van der Waals surface area contributed by atoms with Crippen LogP contribution in [-0.4, -0.2) is 8.80 Å². The zero-order valence-corrected chi connectivity index (χ0v) is 10.2. The minimum atomic E-state index is -1.55. The van der Waals surface area contributed by atoms with E-state index in [2.05, 4.69) is 17.8 Å². The van der Waals surface area contributed by atoms with Crippen LogP contribution < -0.4 is 10.4 Å². The number of benzene rings is 2. The van der Waals surface area contributed by atoms with Crippen molar-refractivity contribution in [3.05, 3.63) is 65.4 Å². The third kappa shape index (κ3) is 1.83. The molecule has 2 aromatic carbocycles. The van der Waals surface area contributed by atoms with E-state index >= 15 is 0 Å². The highest BCUT2D eigenvalue weighted by atomic mass is 28.3. The second kappa shape index (κ2) is 3.93. The Bertz CT molecular complexity index is 585. The van der Waals surface area contributed by atoms with Crippen LogP contribution >= 0.6 is 0 Å². The van der Waals surface area contributed by atoms with Crippen molar-refractivity contribution in [3.63, 3.8) is 0 Å². The summed E-state index contributed by atoms with van der Waals surface area (Å²) in [6.07, 6.45) is 2.05. The maximum absolute atomic E-state index is 13.2. The molecule has 0 saturated heterocycles. The SMILES string of the molecule is Fc1cc(F)cc([SiH]2C=Cc3ccccc32)c1. The van der Waals surface area contributed by atoms with Gasteiger partial charge in [0.05, 0.1) is 0 Å². The summed E-state index contributed by atoms with van der Waals surface area (Å²) >= 11 is 0. The summed E-state index contributed by atoms with van der Waals surface area (Å²) in [7, 11) is -1.55. The Morgan fingerprint density at radius 1 is 0.882 bits per heavy atom. The van der Waals surface area contributed by atoms with Gasteiger partial charge in [0.25, 0.3) is 0 Å². The number of halogens is 2. The maximum atomic E-state index is 13.2. The highest BCUT2D eigenvalue weighted by Gasteiger charge is 2.21. The summed E-state index contributed by atoms with van der Waals surface area (Å²) in [5.41, 5.74) is 3.28. The van der Waals surface area contributed by atoms with Gasteiger partial charge in [-0.2, -0.15) is 0 Å². The summed E-state index contributed by atoms with van der Waals surface area (Å²) in [6, 6.07) is 11.9. The zero-order valence-electron chi connectivity index (χ0n) is 9.03. The fourth-order valence-corrected chi connectivity index (χ4v) is 5.03. The minimum absolute atomic E-state index is 0.495. The Kier molecular flexibility index (Phi) is 2.41. The first-order valence-corrected chi connectivity index (χ1v) is 7.29. The van der Waals surface area contributed by atoms with Crippen molar-refractivity contribution in [2.45, 2.75) is 0 Å². The van der Waals surface area contributed by atoms with E-state index in [1.165, 1.54) is 22.9 Å². The number of rotatable bonds is 1. The van der Waals surface area contributed by atoms with Gasteiger partial charge < -0.3 is 0 Å². The molecule has 1 atom stereocenters. The maximum Gasteiger partial charge on any atom is 0.126 e. The van der Waals surface area contributed by atoms with E-state index in [1.807, 2.05) is 18.2 Å². The quantitative estimate of drug-likeness (QED) is 0.672. The molecule has 1 unspecified atom stereocenters. The van der Waals surface area contributed by atoms with Gasteiger partial charge in [-0.05, 0) is 28.1 Å². The van der Waals surface area contributed by atoms with Crippen LogP contribution in [0.1, 0.15) is 5.56 Å². The molecular formula is C14H10F2Si. The predicted molar refractivity (Wildman–Crippen MR) is 68.3 cm³/mol. The van der Waals surface area contributed by atoms with Gasteiger partial charge in [-0.25, -0.2) is 8.78 Å². The van der Waals surface area contributed by atoms with E-state index in [0.717, 1.165) is 11.3 Å². The van der Waals surface area contributed by atoms with E-state index in [-0.39, 0.29) is 0 Å². The fraction of sp³-hybridized carbons (Fsp3) is 0. The molecule has 0 N–H and O–H groups in total. The average Bonchev–Trinajstić information content (AvgIpc) is 2.71. The van der Waals surface area contributed by atoms with Gasteiger partial charge >= 0.3 is 0 Å². The molecule has 0 amide bonds. The van der Waals surface area contributed by atoms with Crippen LogP contribution in [0.2, 0.25) is 0 Å². The van der Waals surface area contributed by atoms with Crippen LogP contribution in [0.5, 0.6) is 0 Å². The summed E-state index contributed by atoms with van der Waals surface area (Å²) in [5, 5.41) is 2.03. The first-order chi connectivity index (χ1) is 8.24. The molecule has 0 saturated carbocycles. The summed E-state index contributed by atoms with van der Waals surface area (Å²) in [6.45, 7) is 0. The van der Waals surface area contributed by atoms with Crippen LogP contribution in [0.25, 0.3) is 6.08 Å². The smallest absolute Gasteiger partial charge is 0.126 e. The molecule has 1 aliphatic heterocycles. The van der Waals surface area contributed by atoms with Gasteiger partial charge in [0.15, 0.2) is 0 Å². The first kappa shape index (κ1) is 10.4.